The van der Waals surface area contributed by atoms with Gasteiger partial charge in [-0.1, -0.05) is 36.9 Å². The van der Waals surface area contributed by atoms with Crippen molar-refractivity contribution in [2.24, 2.45) is 4.99 Å². The zero-order chi connectivity index (χ0) is 21.9. The summed E-state index contributed by atoms with van der Waals surface area (Å²) in [4.78, 5) is 40.9. The van der Waals surface area contributed by atoms with E-state index in [1.165, 1.54) is 25.8 Å². The number of hydrogen-bond acceptors (Lipinski definition) is 5. The molecule has 2 aromatic rings. The highest BCUT2D eigenvalue weighted by Gasteiger charge is 2.13. The molecule has 0 bridgehead atoms. The number of carbonyl (C=O) groups is 3. The van der Waals surface area contributed by atoms with Crippen LogP contribution in [-0.2, 0) is 14.3 Å². The van der Waals surface area contributed by atoms with Crippen LogP contribution < -0.4 is 16.0 Å². The molecule has 8 nitrogen and oxygen atoms in total. The van der Waals surface area contributed by atoms with Gasteiger partial charge < -0.3 is 15.4 Å². The van der Waals surface area contributed by atoms with Gasteiger partial charge in [0.25, 0.3) is 0 Å². The molecule has 0 saturated carbocycles. The predicted octanol–water partition coefficient (Wildman–Crippen LogP) is 4.25. The van der Waals surface area contributed by atoms with Gasteiger partial charge in [0.05, 0.1) is 18.5 Å². The fourth-order valence-corrected chi connectivity index (χ4v) is 3.27. The van der Waals surface area contributed by atoms with E-state index < -0.39 is 6.09 Å². The van der Waals surface area contributed by atoms with E-state index in [9.17, 15) is 14.4 Å². The van der Waals surface area contributed by atoms with Crippen LogP contribution in [0.5, 0.6) is 0 Å². The molecule has 0 aliphatic heterocycles. The van der Waals surface area contributed by atoms with Crippen LogP contribution in [0.4, 0.5) is 16.2 Å². The van der Waals surface area contributed by atoms with Crippen molar-refractivity contribution in [3.8, 4) is 0 Å². The SMILES string of the molecule is CCCC(=O)NC(=NC(=O)OC)Nc1cc(Sc2ccccc2)ccc1NC(C)=O. The van der Waals surface area contributed by atoms with Gasteiger partial charge >= 0.3 is 6.09 Å². The second-order valence-electron chi connectivity index (χ2n) is 6.16. The Kier molecular flexibility index (Phi) is 8.89. The van der Waals surface area contributed by atoms with Crippen molar-refractivity contribution >= 4 is 47.0 Å². The predicted molar refractivity (Wildman–Crippen MR) is 118 cm³/mol. The molecule has 2 aromatic carbocycles. The topological polar surface area (TPSA) is 109 Å². The lowest BCUT2D eigenvalue weighted by Gasteiger charge is -2.16. The zero-order valence-electron chi connectivity index (χ0n) is 17.0. The summed E-state index contributed by atoms with van der Waals surface area (Å²) in [6.45, 7) is 3.26. The Hall–Kier alpha value is -3.33. The second-order valence-corrected chi connectivity index (χ2v) is 7.30. The van der Waals surface area contributed by atoms with Crippen molar-refractivity contribution in [1.82, 2.24) is 5.32 Å². The minimum Gasteiger partial charge on any atom is -0.451 e. The number of guanidine groups is 1. The van der Waals surface area contributed by atoms with E-state index in [1.54, 1.807) is 12.1 Å². The summed E-state index contributed by atoms with van der Waals surface area (Å²) in [6, 6.07) is 15.2. The van der Waals surface area contributed by atoms with Crippen molar-refractivity contribution in [2.45, 2.75) is 36.5 Å². The quantitative estimate of drug-likeness (QED) is 0.469. The molecule has 158 valence electrons. The van der Waals surface area contributed by atoms with Crippen molar-refractivity contribution in [1.29, 1.82) is 0 Å². The summed E-state index contributed by atoms with van der Waals surface area (Å²) in [5.74, 6) is -0.653. The summed E-state index contributed by atoms with van der Waals surface area (Å²) >= 11 is 1.53. The molecule has 0 saturated heterocycles. The van der Waals surface area contributed by atoms with Crippen LogP contribution in [0.1, 0.15) is 26.7 Å². The number of methoxy groups -OCH3 is 1. The molecule has 0 aliphatic rings. The Labute approximate surface area is 179 Å². The molecule has 0 aromatic heterocycles. The number of nitrogens with zero attached hydrogens (tertiary/aromatic N) is 1. The van der Waals surface area contributed by atoms with Gasteiger partial charge in [-0.05, 0) is 36.8 Å². The molecule has 0 atom stereocenters. The van der Waals surface area contributed by atoms with E-state index in [2.05, 4.69) is 25.7 Å². The van der Waals surface area contributed by atoms with Gasteiger partial charge in [0.15, 0.2) is 0 Å². The van der Waals surface area contributed by atoms with Crippen LogP contribution in [0.3, 0.4) is 0 Å². The minimum absolute atomic E-state index is 0.0891. The summed E-state index contributed by atoms with van der Waals surface area (Å²) < 4.78 is 4.57. The van der Waals surface area contributed by atoms with Crippen molar-refractivity contribution in [2.75, 3.05) is 17.7 Å². The number of carbonyl (C=O) groups excluding carboxylic acids is 3. The highest BCUT2D eigenvalue weighted by Crippen LogP contribution is 2.33. The van der Waals surface area contributed by atoms with E-state index in [4.69, 9.17) is 0 Å². The van der Waals surface area contributed by atoms with Crippen LogP contribution in [0, 0.1) is 0 Å². The molecular weight excluding hydrogens is 404 g/mol. The van der Waals surface area contributed by atoms with Gasteiger partial charge in [0.2, 0.25) is 17.8 Å². The first-order chi connectivity index (χ1) is 14.4. The fourth-order valence-electron chi connectivity index (χ4n) is 2.39. The Morgan fingerprint density at radius 1 is 1.00 bits per heavy atom. The molecule has 3 amide bonds. The van der Waals surface area contributed by atoms with Crippen molar-refractivity contribution in [3.63, 3.8) is 0 Å². The van der Waals surface area contributed by atoms with Gasteiger partial charge in [0, 0.05) is 23.1 Å². The van der Waals surface area contributed by atoms with E-state index >= 15 is 0 Å². The first kappa shape index (κ1) is 23.0. The average Bonchev–Trinajstić information content (AvgIpc) is 2.70. The molecule has 0 fully saturated rings. The number of aliphatic imine (C=N–C) groups is 1. The monoisotopic (exact) mass is 428 g/mol. The summed E-state index contributed by atoms with van der Waals surface area (Å²) in [5, 5.41) is 8.20. The Bertz CT molecular complexity index is 932. The van der Waals surface area contributed by atoms with Gasteiger partial charge in [-0.3, -0.25) is 14.9 Å². The van der Waals surface area contributed by atoms with E-state index in [1.807, 2.05) is 43.3 Å². The van der Waals surface area contributed by atoms with E-state index in [0.717, 1.165) is 9.79 Å². The summed E-state index contributed by atoms with van der Waals surface area (Å²) in [6.07, 6.45) is 0.0346. The smallest absolute Gasteiger partial charge is 0.436 e. The number of amides is 3. The van der Waals surface area contributed by atoms with Crippen LogP contribution in [-0.4, -0.2) is 31.0 Å². The van der Waals surface area contributed by atoms with Gasteiger partial charge in [-0.2, -0.15) is 0 Å². The number of nitrogens with one attached hydrogen (secondary N) is 3. The lowest BCUT2D eigenvalue weighted by molar-refractivity contribution is -0.119. The average molecular weight is 429 g/mol. The maximum atomic E-state index is 12.0. The number of benzene rings is 2. The number of hydrogen-bond donors (Lipinski definition) is 3. The largest absolute Gasteiger partial charge is 0.451 e. The van der Waals surface area contributed by atoms with Crippen molar-refractivity contribution in [3.05, 3.63) is 48.5 Å². The van der Waals surface area contributed by atoms with Crippen molar-refractivity contribution < 1.29 is 19.1 Å². The van der Waals surface area contributed by atoms with E-state index in [-0.39, 0.29) is 24.2 Å². The van der Waals surface area contributed by atoms with Crippen LogP contribution in [0.2, 0.25) is 0 Å². The zero-order valence-corrected chi connectivity index (χ0v) is 17.8. The molecule has 30 heavy (non-hydrogen) atoms. The molecule has 3 N–H and O–H groups in total. The third-order valence-electron chi connectivity index (χ3n) is 3.65. The standard InChI is InChI=1S/C21H24N4O4S/c1-4-8-19(27)24-20(25-21(28)29-3)23-18-13-16(11-12-17(18)22-14(2)26)30-15-9-6-5-7-10-15/h5-7,9-13H,4,8H2,1-3H3,(H,22,26)(H2,23,24,25,27,28). The number of anilines is 2. The Balaban J connectivity index is 2.36. The number of rotatable bonds is 6. The molecule has 0 radical (unpaired) electrons. The second kappa shape index (κ2) is 11.6. The number of ether oxygens (including phenoxy) is 1. The lowest BCUT2D eigenvalue weighted by Crippen LogP contribution is -2.36. The minimum atomic E-state index is -0.870. The third-order valence-corrected chi connectivity index (χ3v) is 4.64. The van der Waals surface area contributed by atoms with Gasteiger partial charge in [0.1, 0.15) is 0 Å². The Morgan fingerprint density at radius 2 is 1.73 bits per heavy atom. The van der Waals surface area contributed by atoms with Crippen LogP contribution in [0.15, 0.2) is 63.3 Å². The van der Waals surface area contributed by atoms with Gasteiger partial charge in [-0.25, -0.2) is 4.79 Å². The molecule has 2 rings (SSSR count). The normalized spacial score (nSPS) is 10.8. The molecular formula is C21H24N4O4S. The third kappa shape index (κ3) is 7.59. The van der Waals surface area contributed by atoms with E-state index in [0.29, 0.717) is 17.8 Å². The molecule has 9 heteroatoms. The summed E-state index contributed by atoms with van der Waals surface area (Å²) in [5.41, 5.74) is 0.938. The highest BCUT2D eigenvalue weighted by molar-refractivity contribution is 7.99. The molecule has 0 unspecified atom stereocenters. The fraction of sp³-hybridized carbons (Fsp3) is 0.238. The first-order valence-electron chi connectivity index (χ1n) is 9.29. The molecule has 0 aliphatic carbocycles. The lowest BCUT2D eigenvalue weighted by atomic mass is 10.2. The summed E-state index contributed by atoms with van der Waals surface area (Å²) in [7, 11) is 1.19. The highest BCUT2D eigenvalue weighted by atomic mass is 32.2. The molecule has 0 spiro atoms. The van der Waals surface area contributed by atoms with Crippen LogP contribution >= 0.6 is 11.8 Å². The maximum absolute atomic E-state index is 12.0. The van der Waals surface area contributed by atoms with Crippen LogP contribution in [0.25, 0.3) is 0 Å². The first-order valence-corrected chi connectivity index (χ1v) is 10.1. The maximum Gasteiger partial charge on any atom is 0.436 e. The van der Waals surface area contributed by atoms with Gasteiger partial charge in [-0.15, -0.1) is 4.99 Å². The molecule has 0 heterocycles. The Morgan fingerprint density at radius 3 is 2.37 bits per heavy atom.